The van der Waals surface area contributed by atoms with Crippen molar-refractivity contribution in [2.75, 3.05) is 0 Å². The van der Waals surface area contributed by atoms with Crippen LogP contribution in [0.5, 0.6) is 0 Å². The van der Waals surface area contributed by atoms with Crippen molar-refractivity contribution in [3.8, 4) is 0 Å². The summed E-state index contributed by atoms with van der Waals surface area (Å²) in [4.78, 5) is 24.2. The van der Waals surface area contributed by atoms with E-state index in [-0.39, 0.29) is 10.6 Å². The van der Waals surface area contributed by atoms with Gasteiger partial charge in [0, 0.05) is 43.6 Å². The van der Waals surface area contributed by atoms with Gasteiger partial charge in [-0.1, -0.05) is 12.1 Å². The highest BCUT2D eigenvalue weighted by Crippen LogP contribution is 2.35. The molecule has 2 atom stereocenters. The number of non-ortho nitro benzene ring substituents is 1. The zero-order valence-electron chi connectivity index (χ0n) is 10.6. The summed E-state index contributed by atoms with van der Waals surface area (Å²) in [6, 6.07) is 7.48. The number of rotatable bonds is 3. The summed E-state index contributed by atoms with van der Waals surface area (Å²) in [5.41, 5.74) is 1.21. The molecule has 0 spiro atoms. The van der Waals surface area contributed by atoms with E-state index in [1.807, 2.05) is 12.1 Å². The fourth-order valence-electron chi connectivity index (χ4n) is 3.25. The van der Waals surface area contributed by atoms with Crippen molar-refractivity contribution in [2.24, 2.45) is 0 Å². The minimum atomic E-state index is -0.382. The molecule has 5 heteroatoms. The number of piperidine rings is 1. The van der Waals surface area contributed by atoms with Gasteiger partial charge in [0.25, 0.3) is 5.69 Å². The molecule has 2 aliphatic heterocycles. The Morgan fingerprint density at radius 1 is 1.16 bits per heavy atom. The van der Waals surface area contributed by atoms with Gasteiger partial charge in [-0.3, -0.25) is 19.8 Å². The van der Waals surface area contributed by atoms with Crippen LogP contribution in [0.1, 0.15) is 31.2 Å². The van der Waals surface area contributed by atoms with Crippen LogP contribution < -0.4 is 0 Å². The molecule has 3 rings (SSSR count). The molecule has 0 aromatic heterocycles. The molecule has 0 amide bonds. The molecule has 2 bridgehead atoms. The minimum Gasteiger partial charge on any atom is -0.300 e. The fourth-order valence-corrected chi connectivity index (χ4v) is 3.25. The zero-order chi connectivity index (χ0) is 13.4. The van der Waals surface area contributed by atoms with Gasteiger partial charge in [-0.2, -0.15) is 0 Å². The standard InChI is InChI=1S/C14H16N2O3/c17-14-7-12-5-6-13(8-14)15(12)9-10-1-3-11(4-2-10)16(18)19/h1-4,12-13H,5-9H2. The minimum absolute atomic E-state index is 0.126. The van der Waals surface area contributed by atoms with Crippen molar-refractivity contribution in [3.05, 3.63) is 39.9 Å². The lowest BCUT2D eigenvalue weighted by molar-refractivity contribution is -0.384. The van der Waals surface area contributed by atoms with Crippen LogP contribution >= 0.6 is 0 Å². The van der Waals surface area contributed by atoms with Gasteiger partial charge in [-0.25, -0.2) is 0 Å². The van der Waals surface area contributed by atoms with Gasteiger partial charge in [0.05, 0.1) is 4.92 Å². The molecule has 0 saturated carbocycles. The molecule has 0 aliphatic carbocycles. The van der Waals surface area contributed by atoms with E-state index in [9.17, 15) is 14.9 Å². The van der Waals surface area contributed by atoms with Gasteiger partial charge in [0.15, 0.2) is 0 Å². The van der Waals surface area contributed by atoms with Crippen LogP contribution in [0.2, 0.25) is 0 Å². The SMILES string of the molecule is O=C1CC2CCC(C1)N2Cc1ccc([N+](=O)[O-])cc1. The van der Waals surface area contributed by atoms with Gasteiger partial charge >= 0.3 is 0 Å². The molecule has 1 aromatic rings. The van der Waals surface area contributed by atoms with E-state index in [1.165, 1.54) is 0 Å². The third-order valence-corrected chi connectivity index (χ3v) is 4.21. The summed E-state index contributed by atoms with van der Waals surface area (Å²) in [6.45, 7) is 0.792. The first kappa shape index (κ1) is 12.3. The number of nitrogens with zero attached hydrogens (tertiary/aromatic N) is 2. The number of carbonyl (C=O) groups is 1. The van der Waals surface area contributed by atoms with Gasteiger partial charge < -0.3 is 0 Å². The highest BCUT2D eigenvalue weighted by Gasteiger charge is 2.39. The Hall–Kier alpha value is -1.75. The number of hydrogen-bond donors (Lipinski definition) is 0. The Bertz CT molecular complexity index is 496. The Kier molecular flexibility index (Phi) is 3.06. The first-order chi connectivity index (χ1) is 9.13. The largest absolute Gasteiger partial charge is 0.300 e. The second-order valence-electron chi connectivity index (χ2n) is 5.43. The summed E-state index contributed by atoms with van der Waals surface area (Å²) in [5, 5.41) is 10.6. The van der Waals surface area contributed by atoms with Gasteiger partial charge in [0.1, 0.15) is 5.78 Å². The summed E-state index contributed by atoms with van der Waals surface area (Å²) in [7, 11) is 0. The van der Waals surface area contributed by atoms with E-state index in [1.54, 1.807) is 12.1 Å². The summed E-state index contributed by atoms with van der Waals surface area (Å²) in [6.07, 6.45) is 3.54. The summed E-state index contributed by atoms with van der Waals surface area (Å²) < 4.78 is 0. The van der Waals surface area contributed by atoms with Crippen molar-refractivity contribution in [2.45, 2.75) is 44.3 Å². The quantitative estimate of drug-likeness (QED) is 0.618. The normalized spacial score (nSPS) is 26.6. The van der Waals surface area contributed by atoms with E-state index < -0.39 is 0 Å². The molecule has 100 valence electrons. The predicted octanol–water partition coefficient (Wildman–Crippen LogP) is 2.29. The Labute approximate surface area is 111 Å². The molecule has 0 radical (unpaired) electrons. The van der Waals surface area contributed by atoms with Gasteiger partial charge in [0.2, 0.25) is 0 Å². The van der Waals surface area contributed by atoms with E-state index in [0.29, 0.717) is 30.7 Å². The number of Topliss-reactive ketones (excluding diaryl/α,β-unsaturated/α-hetero) is 1. The smallest absolute Gasteiger partial charge is 0.269 e. The second kappa shape index (κ2) is 4.74. The topological polar surface area (TPSA) is 63.5 Å². The predicted molar refractivity (Wildman–Crippen MR) is 69.7 cm³/mol. The molecule has 2 heterocycles. The molecule has 0 N–H and O–H groups in total. The Balaban J connectivity index is 1.72. The van der Waals surface area contributed by atoms with Crippen LogP contribution in [0.15, 0.2) is 24.3 Å². The lowest BCUT2D eigenvalue weighted by Gasteiger charge is -2.33. The molecule has 2 saturated heterocycles. The summed E-state index contributed by atoms with van der Waals surface area (Å²) >= 11 is 0. The number of carbonyl (C=O) groups excluding carboxylic acids is 1. The van der Waals surface area contributed by atoms with E-state index in [0.717, 1.165) is 24.9 Å². The van der Waals surface area contributed by atoms with Crippen LogP contribution in [0.25, 0.3) is 0 Å². The number of benzene rings is 1. The highest BCUT2D eigenvalue weighted by molar-refractivity contribution is 5.80. The summed E-state index contributed by atoms with van der Waals surface area (Å²) in [5.74, 6) is 0.382. The van der Waals surface area contributed by atoms with Crippen molar-refractivity contribution < 1.29 is 9.72 Å². The van der Waals surface area contributed by atoms with Crippen molar-refractivity contribution in [1.29, 1.82) is 0 Å². The van der Waals surface area contributed by atoms with Crippen molar-refractivity contribution in [3.63, 3.8) is 0 Å². The van der Waals surface area contributed by atoms with E-state index in [2.05, 4.69) is 4.90 Å². The van der Waals surface area contributed by atoms with Crippen LogP contribution in [0.4, 0.5) is 5.69 Å². The maximum atomic E-state index is 11.5. The fraction of sp³-hybridized carbons (Fsp3) is 0.500. The maximum Gasteiger partial charge on any atom is 0.269 e. The Morgan fingerprint density at radius 2 is 1.74 bits per heavy atom. The number of hydrogen-bond acceptors (Lipinski definition) is 4. The molecule has 2 aliphatic rings. The highest BCUT2D eigenvalue weighted by atomic mass is 16.6. The van der Waals surface area contributed by atoms with Crippen molar-refractivity contribution in [1.82, 2.24) is 4.90 Å². The van der Waals surface area contributed by atoms with Crippen LogP contribution in [0.3, 0.4) is 0 Å². The number of nitro groups is 1. The molecule has 2 unspecified atom stereocenters. The van der Waals surface area contributed by atoms with Crippen LogP contribution in [-0.2, 0) is 11.3 Å². The molecule has 1 aromatic carbocycles. The molecule has 19 heavy (non-hydrogen) atoms. The average Bonchev–Trinajstić information content (AvgIpc) is 2.62. The average molecular weight is 260 g/mol. The third-order valence-electron chi connectivity index (χ3n) is 4.21. The monoisotopic (exact) mass is 260 g/mol. The zero-order valence-corrected chi connectivity index (χ0v) is 10.6. The lowest BCUT2D eigenvalue weighted by Crippen LogP contribution is -2.42. The molecular weight excluding hydrogens is 244 g/mol. The number of ketones is 1. The number of nitro benzene ring substituents is 1. The maximum absolute atomic E-state index is 11.5. The first-order valence-electron chi connectivity index (χ1n) is 6.64. The second-order valence-corrected chi connectivity index (χ2v) is 5.43. The van der Waals surface area contributed by atoms with Crippen LogP contribution in [0, 0.1) is 10.1 Å². The van der Waals surface area contributed by atoms with Crippen molar-refractivity contribution >= 4 is 11.5 Å². The molecular formula is C14H16N2O3. The third kappa shape index (κ3) is 2.38. The lowest BCUT2D eigenvalue weighted by atomic mass is 10.0. The van der Waals surface area contributed by atoms with E-state index in [4.69, 9.17) is 0 Å². The first-order valence-corrected chi connectivity index (χ1v) is 6.64. The number of fused-ring (bicyclic) bond motifs is 2. The van der Waals surface area contributed by atoms with Crippen LogP contribution in [-0.4, -0.2) is 27.7 Å². The van der Waals surface area contributed by atoms with Gasteiger partial charge in [-0.05, 0) is 18.4 Å². The molecule has 2 fully saturated rings. The van der Waals surface area contributed by atoms with E-state index >= 15 is 0 Å². The van der Waals surface area contributed by atoms with Gasteiger partial charge in [-0.15, -0.1) is 0 Å². The Morgan fingerprint density at radius 3 is 2.26 bits per heavy atom. The molecule has 5 nitrogen and oxygen atoms in total.